The fourth-order valence-electron chi connectivity index (χ4n) is 2.09. The Morgan fingerprint density at radius 2 is 2.04 bits per heavy atom. The van der Waals surface area contributed by atoms with Crippen LogP contribution < -0.4 is 0 Å². The molecule has 1 rings (SSSR count). The van der Waals surface area contributed by atoms with E-state index in [1.807, 2.05) is 0 Å². The number of rotatable bonds is 5. The molecule has 1 heterocycles. The van der Waals surface area contributed by atoms with E-state index in [4.69, 9.17) is 0 Å². The predicted octanol–water partition coefficient (Wildman–Crippen LogP) is 0.742. The Kier molecular flexibility index (Phi) is 5.17. The van der Waals surface area contributed by atoms with Crippen molar-refractivity contribution in [2.45, 2.75) is 25.1 Å². The minimum atomic E-state index is -5.25. The first-order valence-electron chi connectivity index (χ1n) is 6.23. The number of halogens is 3. The zero-order valence-electron chi connectivity index (χ0n) is 12.1. The van der Waals surface area contributed by atoms with E-state index >= 15 is 0 Å². The molecule has 0 aliphatic carbocycles. The van der Waals surface area contributed by atoms with Crippen LogP contribution in [0.5, 0.6) is 0 Å². The predicted molar refractivity (Wildman–Crippen MR) is 64.6 cm³/mol. The number of nitro groups is 1. The molecule has 0 aromatic heterocycles. The van der Waals surface area contributed by atoms with Gasteiger partial charge in [0.25, 0.3) is 0 Å². The Morgan fingerprint density at radius 1 is 1.48 bits per heavy atom. The van der Waals surface area contributed by atoms with Crippen LogP contribution in [0, 0.1) is 16.0 Å². The number of nitrogens with zero attached hydrogens (tertiary/aromatic N) is 2. The molecule has 9 nitrogen and oxygen atoms in total. The summed E-state index contributed by atoms with van der Waals surface area (Å²) in [5.41, 5.74) is -3.23. The van der Waals surface area contributed by atoms with Crippen LogP contribution in [0.1, 0.15) is 13.3 Å². The summed E-state index contributed by atoms with van der Waals surface area (Å²) in [6.45, 7) is -0.0347. The molecule has 1 saturated heterocycles. The summed E-state index contributed by atoms with van der Waals surface area (Å²) in [5, 5.41) is 11.1. The number of carbonyl (C=O) groups excluding carboxylic acids is 3. The van der Waals surface area contributed by atoms with Crippen molar-refractivity contribution in [1.29, 1.82) is 0 Å². The third-order valence-electron chi connectivity index (χ3n) is 3.49. The molecular weight excluding hydrogens is 329 g/mol. The highest BCUT2D eigenvalue weighted by Crippen LogP contribution is 2.40. The second-order valence-electron chi connectivity index (χ2n) is 4.85. The second kappa shape index (κ2) is 6.38. The maximum Gasteiger partial charge on any atom is 0.416 e. The van der Waals surface area contributed by atoms with Gasteiger partial charge >= 0.3 is 23.8 Å². The maximum atomic E-state index is 13.2. The summed E-state index contributed by atoms with van der Waals surface area (Å²) < 4.78 is 48.2. The Bertz CT molecular complexity index is 536. The highest BCUT2D eigenvalue weighted by molar-refractivity contribution is 5.93. The van der Waals surface area contributed by atoms with Crippen molar-refractivity contribution in [3.8, 4) is 0 Å². The normalized spacial score (nSPS) is 18.8. The van der Waals surface area contributed by atoms with Crippen LogP contribution in [0.3, 0.4) is 0 Å². The number of imide groups is 1. The molecule has 1 fully saturated rings. The number of alkyl halides is 3. The summed E-state index contributed by atoms with van der Waals surface area (Å²) in [5.74, 6) is -6.05. The van der Waals surface area contributed by atoms with E-state index < -0.39 is 46.9 Å². The van der Waals surface area contributed by atoms with E-state index in [9.17, 15) is 37.7 Å². The SMILES string of the molecule is COC(=O)[C@@](C)([C@@H](CC(=O)N1CCOC1=O)C(F)(F)F)[N+](=O)[O-]. The lowest BCUT2D eigenvalue weighted by atomic mass is 9.82. The monoisotopic (exact) mass is 342 g/mol. The number of hydrogen-bond acceptors (Lipinski definition) is 7. The lowest BCUT2D eigenvalue weighted by molar-refractivity contribution is -0.570. The standard InChI is InChI=1S/C11H13F3N2O7/c1-10(16(20)21,8(18)22-2)6(11(12,13)14)5-7(17)15-3-4-23-9(15)19/h6H,3-5H2,1-2H3/t6-,10-/m1/s1. The number of methoxy groups -OCH3 is 1. The van der Waals surface area contributed by atoms with E-state index in [1.54, 1.807) is 0 Å². The molecule has 0 unspecified atom stereocenters. The first-order chi connectivity index (χ1) is 10.5. The lowest BCUT2D eigenvalue weighted by Gasteiger charge is -2.29. The van der Waals surface area contributed by atoms with Gasteiger partial charge in [0, 0.05) is 18.3 Å². The van der Waals surface area contributed by atoms with Crippen molar-refractivity contribution in [2.75, 3.05) is 20.3 Å². The van der Waals surface area contributed by atoms with Crippen molar-refractivity contribution in [1.82, 2.24) is 4.90 Å². The Labute approximate surface area is 127 Å². The fourth-order valence-corrected chi connectivity index (χ4v) is 2.09. The summed E-state index contributed by atoms with van der Waals surface area (Å²) in [6, 6.07) is 0. The van der Waals surface area contributed by atoms with Gasteiger partial charge in [0.1, 0.15) is 12.5 Å². The molecule has 12 heteroatoms. The number of hydrogen-bond donors (Lipinski definition) is 0. The van der Waals surface area contributed by atoms with Gasteiger partial charge in [-0.05, 0) is 0 Å². The quantitative estimate of drug-likeness (QED) is 0.411. The number of esters is 1. The van der Waals surface area contributed by atoms with Gasteiger partial charge in [0.2, 0.25) is 5.91 Å². The van der Waals surface area contributed by atoms with Gasteiger partial charge in [-0.3, -0.25) is 14.9 Å². The van der Waals surface area contributed by atoms with Crippen LogP contribution in [0.25, 0.3) is 0 Å². The molecule has 23 heavy (non-hydrogen) atoms. The summed E-state index contributed by atoms with van der Waals surface area (Å²) >= 11 is 0. The van der Waals surface area contributed by atoms with Gasteiger partial charge in [0.15, 0.2) is 0 Å². The first-order valence-corrected chi connectivity index (χ1v) is 6.23. The van der Waals surface area contributed by atoms with Crippen LogP contribution in [-0.2, 0) is 19.1 Å². The van der Waals surface area contributed by atoms with Gasteiger partial charge in [0.05, 0.1) is 13.7 Å². The van der Waals surface area contributed by atoms with E-state index in [2.05, 4.69) is 9.47 Å². The van der Waals surface area contributed by atoms with Crippen LogP contribution in [-0.4, -0.2) is 59.8 Å². The van der Waals surface area contributed by atoms with Crippen molar-refractivity contribution in [2.24, 2.45) is 5.92 Å². The maximum absolute atomic E-state index is 13.2. The zero-order chi connectivity index (χ0) is 18.0. The number of ether oxygens (including phenoxy) is 2. The van der Waals surface area contributed by atoms with E-state index in [0.29, 0.717) is 18.9 Å². The molecule has 0 saturated carbocycles. The van der Waals surface area contributed by atoms with Gasteiger partial charge in [-0.2, -0.15) is 13.2 Å². The molecule has 2 atom stereocenters. The highest BCUT2D eigenvalue weighted by Gasteiger charge is 2.65. The van der Waals surface area contributed by atoms with Gasteiger partial charge in [-0.15, -0.1) is 0 Å². The third-order valence-corrected chi connectivity index (χ3v) is 3.49. The first kappa shape index (κ1) is 18.6. The molecule has 0 aromatic rings. The smallest absolute Gasteiger partial charge is 0.416 e. The molecule has 0 N–H and O–H groups in total. The van der Waals surface area contributed by atoms with Gasteiger partial charge in [-0.1, -0.05) is 0 Å². The summed E-state index contributed by atoms with van der Waals surface area (Å²) in [4.78, 5) is 44.6. The van der Waals surface area contributed by atoms with Crippen molar-refractivity contribution in [3.63, 3.8) is 0 Å². The van der Waals surface area contributed by atoms with Crippen molar-refractivity contribution >= 4 is 18.0 Å². The molecule has 2 amide bonds. The number of amides is 2. The second-order valence-corrected chi connectivity index (χ2v) is 4.85. The number of carbonyl (C=O) groups is 3. The highest BCUT2D eigenvalue weighted by atomic mass is 19.4. The molecule has 1 aliphatic rings. The zero-order valence-corrected chi connectivity index (χ0v) is 12.1. The Balaban J connectivity index is 3.18. The van der Waals surface area contributed by atoms with Gasteiger partial charge < -0.3 is 9.47 Å². The minimum absolute atomic E-state index is 0.190. The van der Waals surface area contributed by atoms with Crippen LogP contribution in [0.4, 0.5) is 18.0 Å². The van der Waals surface area contributed by atoms with Crippen molar-refractivity contribution < 1.29 is 42.0 Å². The fraction of sp³-hybridized carbons (Fsp3) is 0.727. The van der Waals surface area contributed by atoms with Crippen molar-refractivity contribution in [3.05, 3.63) is 10.1 Å². The average molecular weight is 342 g/mol. The van der Waals surface area contributed by atoms with Crippen LogP contribution in [0.15, 0.2) is 0 Å². The molecular formula is C11H13F3N2O7. The molecule has 130 valence electrons. The lowest BCUT2D eigenvalue weighted by Crippen LogP contribution is -2.57. The summed E-state index contributed by atoms with van der Waals surface area (Å²) in [6.07, 6.45) is -7.86. The Morgan fingerprint density at radius 3 is 2.39 bits per heavy atom. The summed E-state index contributed by atoms with van der Waals surface area (Å²) in [7, 11) is 0.692. The van der Waals surface area contributed by atoms with Crippen LogP contribution >= 0.6 is 0 Å². The van der Waals surface area contributed by atoms with E-state index in [0.717, 1.165) is 0 Å². The number of cyclic esters (lactones) is 1. The molecule has 0 spiro atoms. The van der Waals surface area contributed by atoms with Gasteiger partial charge in [-0.25, -0.2) is 14.5 Å². The molecule has 0 aromatic carbocycles. The third kappa shape index (κ3) is 3.51. The Hall–Kier alpha value is -2.40. The largest absolute Gasteiger partial charge is 0.464 e. The van der Waals surface area contributed by atoms with E-state index in [1.165, 1.54) is 0 Å². The molecule has 1 aliphatic heterocycles. The molecule has 0 radical (unpaired) electrons. The van der Waals surface area contributed by atoms with E-state index in [-0.39, 0.29) is 13.2 Å². The minimum Gasteiger partial charge on any atom is -0.464 e. The topological polar surface area (TPSA) is 116 Å². The molecule has 0 bridgehead atoms. The average Bonchev–Trinajstić information content (AvgIpc) is 2.87. The van der Waals surface area contributed by atoms with Crippen LogP contribution in [0.2, 0.25) is 0 Å².